The average Bonchev–Trinajstić information content (AvgIpc) is 3.20. The van der Waals surface area contributed by atoms with Gasteiger partial charge in [0, 0.05) is 23.7 Å². The summed E-state index contributed by atoms with van der Waals surface area (Å²) in [7, 11) is 0. The second kappa shape index (κ2) is 6.70. The Bertz CT molecular complexity index is 984. The molecule has 1 saturated heterocycles. The number of hydrogen-bond donors (Lipinski definition) is 1. The molecule has 0 spiro atoms. The van der Waals surface area contributed by atoms with Gasteiger partial charge in [-0.15, -0.1) is 0 Å². The van der Waals surface area contributed by atoms with Crippen molar-refractivity contribution < 1.29 is 9.59 Å². The molecule has 0 unspecified atom stereocenters. The van der Waals surface area contributed by atoms with Crippen molar-refractivity contribution in [2.24, 2.45) is 5.92 Å². The summed E-state index contributed by atoms with van der Waals surface area (Å²) in [5.74, 6) is -0.665. The predicted molar refractivity (Wildman–Crippen MR) is 105 cm³/mol. The lowest BCUT2D eigenvalue weighted by atomic mass is 10.1. The lowest BCUT2D eigenvalue weighted by Crippen LogP contribution is -2.28. The zero-order valence-corrected chi connectivity index (χ0v) is 15.6. The van der Waals surface area contributed by atoms with Crippen LogP contribution in [0.2, 0.25) is 5.02 Å². The summed E-state index contributed by atoms with van der Waals surface area (Å²) in [5, 5.41) is 4.01. The van der Waals surface area contributed by atoms with E-state index in [1.54, 1.807) is 11.0 Å². The van der Waals surface area contributed by atoms with Crippen molar-refractivity contribution in [3.63, 3.8) is 0 Å². The molecule has 0 aliphatic carbocycles. The summed E-state index contributed by atoms with van der Waals surface area (Å²) in [5.41, 5.74) is 2.53. The Morgan fingerprint density at radius 1 is 1.31 bits per heavy atom. The van der Waals surface area contributed by atoms with Gasteiger partial charge in [0.05, 0.1) is 16.1 Å². The third-order valence-corrected chi connectivity index (χ3v) is 5.85. The van der Waals surface area contributed by atoms with Crippen molar-refractivity contribution in [1.82, 2.24) is 4.98 Å². The highest BCUT2D eigenvalue weighted by molar-refractivity contribution is 7.22. The fraction of sp³-hybridized carbons (Fsp3) is 0.211. The normalized spacial score (nSPS) is 17.1. The number of nitrogens with one attached hydrogen (secondary N) is 1. The van der Waals surface area contributed by atoms with Crippen LogP contribution >= 0.6 is 22.9 Å². The van der Waals surface area contributed by atoms with Crippen LogP contribution in [0.25, 0.3) is 10.2 Å². The fourth-order valence-electron chi connectivity index (χ4n) is 3.02. The zero-order chi connectivity index (χ0) is 18.3. The topological polar surface area (TPSA) is 62.3 Å². The monoisotopic (exact) mass is 385 g/mol. The highest BCUT2D eigenvalue weighted by atomic mass is 35.5. The van der Waals surface area contributed by atoms with Crippen molar-refractivity contribution in [2.45, 2.75) is 13.3 Å². The highest BCUT2D eigenvalue weighted by Crippen LogP contribution is 2.30. The number of aryl methyl sites for hydroxylation is 1. The molecule has 1 aliphatic rings. The maximum Gasteiger partial charge on any atom is 0.231 e. The second-order valence-electron chi connectivity index (χ2n) is 6.31. The molecule has 1 aromatic heterocycles. The van der Waals surface area contributed by atoms with Gasteiger partial charge in [-0.1, -0.05) is 41.1 Å². The molecule has 0 radical (unpaired) electrons. The minimum atomic E-state index is -0.408. The first-order chi connectivity index (χ1) is 12.5. The van der Waals surface area contributed by atoms with Gasteiger partial charge in [0.1, 0.15) is 0 Å². The smallest absolute Gasteiger partial charge is 0.231 e. The maximum absolute atomic E-state index is 12.6. The molecule has 4 rings (SSSR count). The van der Waals surface area contributed by atoms with Gasteiger partial charge in [-0.25, -0.2) is 4.98 Å². The second-order valence-corrected chi connectivity index (χ2v) is 7.75. The number of halogens is 1. The summed E-state index contributed by atoms with van der Waals surface area (Å²) < 4.78 is 1.02. The SMILES string of the molecule is Cc1ccc(N2C[C@H](C(=O)Nc3nc4ccccc4s3)CC2=O)cc1Cl. The van der Waals surface area contributed by atoms with Crippen LogP contribution in [0.15, 0.2) is 42.5 Å². The molecule has 1 N–H and O–H groups in total. The Morgan fingerprint density at radius 2 is 2.12 bits per heavy atom. The van der Waals surface area contributed by atoms with Gasteiger partial charge in [0.2, 0.25) is 11.8 Å². The lowest BCUT2D eigenvalue weighted by molar-refractivity contribution is -0.122. The van der Waals surface area contributed by atoms with E-state index in [0.29, 0.717) is 16.7 Å². The van der Waals surface area contributed by atoms with Gasteiger partial charge in [0.15, 0.2) is 5.13 Å². The number of thiazole rings is 1. The van der Waals surface area contributed by atoms with Crippen LogP contribution in [-0.4, -0.2) is 23.3 Å². The van der Waals surface area contributed by atoms with E-state index in [2.05, 4.69) is 10.3 Å². The lowest BCUT2D eigenvalue weighted by Gasteiger charge is -2.17. The number of para-hydroxylation sites is 1. The van der Waals surface area contributed by atoms with Crippen molar-refractivity contribution in [2.75, 3.05) is 16.8 Å². The number of fused-ring (bicyclic) bond motifs is 1. The van der Waals surface area contributed by atoms with Gasteiger partial charge in [-0.2, -0.15) is 0 Å². The molecular formula is C19H16ClN3O2S. The number of benzene rings is 2. The minimum absolute atomic E-state index is 0.0747. The number of amides is 2. The fourth-order valence-corrected chi connectivity index (χ4v) is 4.06. The van der Waals surface area contributed by atoms with Gasteiger partial charge in [-0.3, -0.25) is 9.59 Å². The number of hydrogen-bond acceptors (Lipinski definition) is 4. The summed E-state index contributed by atoms with van der Waals surface area (Å²) in [4.78, 5) is 31.0. The van der Waals surface area contributed by atoms with Gasteiger partial charge in [0.25, 0.3) is 0 Å². The number of anilines is 2. The third-order valence-electron chi connectivity index (χ3n) is 4.49. The molecule has 1 aliphatic heterocycles. The molecule has 26 heavy (non-hydrogen) atoms. The molecule has 2 amide bonds. The van der Waals surface area contributed by atoms with E-state index in [4.69, 9.17) is 11.6 Å². The minimum Gasteiger partial charge on any atom is -0.312 e. The number of carbonyl (C=O) groups is 2. The Hall–Kier alpha value is -2.44. The first-order valence-electron chi connectivity index (χ1n) is 8.24. The van der Waals surface area contributed by atoms with Gasteiger partial charge < -0.3 is 10.2 Å². The summed E-state index contributed by atoms with van der Waals surface area (Å²) >= 11 is 7.59. The average molecular weight is 386 g/mol. The Labute approximate surface area is 159 Å². The van der Waals surface area contributed by atoms with Crippen molar-refractivity contribution in [3.05, 3.63) is 53.1 Å². The summed E-state index contributed by atoms with van der Waals surface area (Å²) in [6, 6.07) is 13.2. The Balaban J connectivity index is 1.48. The molecule has 5 nitrogen and oxygen atoms in total. The van der Waals surface area contributed by atoms with Gasteiger partial charge >= 0.3 is 0 Å². The van der Waals surface area contributed by atoms with E-state index in [1.165, 1.54) is 11.3 Å². The molecule has 0 saturated carbocycles. The molecule has 132 valence electrons. The molecule has 3 aromatic rings. The number of rotatable bonds is 3. The Morgan fingerprint density at radius 3 is 2.88 bits per heavy atom. The molecule has 2 aromatic carbocycles. The van der Waals surface area contributed by atoms with Crippen molar-refractivity contribution in [1.29, 1.82) is 0 Å². The maximum atomic E-state index is 12.6. The summed E-state index contributed by atoms with van der Waals surface area (Å²) in [6.45, 7) is 2.25. The molecule has 1 atom stereocenters. The first kappa shape index (κ1) is 17.0. The standard InChI is InChI=1S/C19H16ClN3O2S/c1-11-6-7-13(9-14(11)20)23-10-12(8-17(23)24)18(25)22-19-21-15-4-2-3-5-16(15)26-19/h2-7,9,12H,8,10H2,1H3,(H,21,22,25)/t12-/m1/s1. The molecule has 1 fully saturated rings. The van der Waals surface area contributed by atoms with Crippen LogP contribution < -0.4 is 10.2 Å². The summed E-state index contributed by atoms with van der Waals surface area (Å²) in [6.07, 6.45) is 0.183. The Kier molecular flexibility index (Phi) is 4.38. The third kappa shape index (κ3) is 3.18. The van der Waals surface area contributed by atoms with Crippen LogP contribution in [0, 0.1) is 12.8 Å². The van der Waals surface area contributed by atoms with Crippen molar-refractivity contribution >= 4 is 55.8 Å². The van der Waals surface area contributed by atoms with E-state index in [1.807, 2.05) is 43.3 Å². The quantitative estimate of drug-likeness (QED) is 0.733. The van der Waals surface area contributed by atoms with Crippen LogP contribution in [0.5, 0.6) is 0 Å². The highest BCUT2D eigenvalue weighted by Gasteiger charge is 2.35. The largest absolute Gasteiger partial charge is 0.312 e. The number of carbonyl (C=O) groups excluding carboxylic acids is 2. The van der Waals surface area contributed by atoms with E-state index in [-0.39, 0.29) is 18.2 Å². The molecule has 2 heterocycles. The van der Waals surface area contributed by atoms with Crippen LogP contribution in [0.4, 0.5) is 10.8 Å². The molecular weight excluding hydrogens is 370 g/mol. The van der Waals surface area contributed by atoms with Gasteiger partial charge in [-0.05, 0) is 36.8 Å². The van der Waals surface area contributed by atoms with E-state index in [9.17, 15) is 9.59 Å². The zero-order valence-electron chi connectivity index (χ0n) is 14.0. The van der Waals surface area contributed by atoms with Crippen molar-refractivity contribution in [3.8, 4) is 0 Å². The van der Waals surface area contributed by atoms with Crippen LogP contribution in [0.3, 0.4) is 0 Å². The number of aromatic nitrogens is 1. The van der Waals surface area contributed by atoms with E-state index < -0.39 is 5.92 Å². The van der Waals surface area contributed by atoms with Crippen LogP contribution in [0.1, 0.15) is 12.0 Å². The molecule has 0 bridgehead atoms. The first-order valence-corrected chi connectivity index (χ1v) is 9.43. The number of nitrogens with zero attached hydrogens (tertiary/aromatic N) is 2. The van der Waals surface area contributed by atoms with Crippen LogP contribution in [-0.2, 0) is 9.59 Å². The van der Waals surface area contributed by atoms with E-state index >= 15 is 0 Å². The van der Waals surface area contributed by atoms with E-state index in [0.717, 1.165) is 21.5 Å². The predicted octanol–water partition coefficient (Wildman–Crippen LogP) is 4.25. The molecule has 7 heteroatoms.